The maximum Gasteiger partial charge on any atom is 0.307 e. The number of aromatic hydroxyl groups is 1. The molecule has 98 valence electrons. The van der Waals surface area contributed by atoms with Crippen LogP contribution >= 0.6 is 0 Å². The highest BCUT2D eigenvalue weighted by Gasteiger charge is 2.34. The van der Waals surface area contributed by atoms with Crippen LogP contribution in [-0.2, 0) is 11.2 Å². The van der Waals surface area contributed by atoms with Crippen LogP contribution in [0.4, 0.5) is 0 Å². The Morgan fingerprint density at radius 1 is 1.56 bits per heavy atom. The third-order valence-corrected chi connectivity index (χ3v) is 3.17. The quantitative estimate of drug-likeness (QED) is 0.860. The summed E-state index contributed by atoms with van der Waals surface area (Å²) in [5.41, 5.74) is 0.164. The molecule has 2 rings (SSSR count). The molecule has 0 radical (unpaired) electrons. The van der Waals surface area contributed by atoms with E-state index in [1.54, 1.807) is 19.1 Å². The second-order valence-electron chi connectivity index (χ2n) is 4.75. The monoisotopic (exact) mass is 252 g/mol. The fourth-order valence-electron chi connectivity index (χ4n) is 2.21. The third-order valence-electron chi connectivity index (χ3n) is 3.17. The second kappa shape index (κ2) is 4.40. The Balaban J connectivity index is 2.30. The van der Waals surface area contributed by atoms with Crippen LogP contribution < -0.4 is 9.47 Å². The standard InChI is InChI=1S/C13H16O5/c1-13(7-12(15)16)4-3-8-5-9(14)11(17-2)6-10(8)18-13/h5-6,14H,3-4,7H2,1-2H3,(H,15,16). The van der Waals surface area contributed by atoms with Gasteiger partial charge in [0, 0.05) is 6.07 Å². The van der Waals surface area contributed by atoms with Crippen molar-refractivity contribution >= 4 is 5.97 Å². The normalized spacial score (nSPS) is 21.9. The highest BCUT2D eigenvalue weighted by molar-refractivity contribution is 5.68. The molecule has 1 aromatic carbocycles. The van der Waals surface area contributed by atoms with Crippen LogP contribution in [0.15, 0.2) is 12.1 Å². The van der Waals surface area contributed by atoms with E-state index in [0.717, 1.165) is 5.56 Å². The van der Waals surface area contributed by atoms with E-state index in [0.29, 0.717) is 24.3 Å². The zero-order valence-electron chi connectivity index (χ0n) is 10.4. The molecule has 0 saturated heterocycles. The first kappa shape index (κ1) is 12.5. The lowest BCUT2D eigenvalue weighted by Crippen LogP contribution is -2.38. The molecule has 2 N–H and O–H groups in total. The second-order valence-corrected chi connectivity index (χ2v) is 4.75. The van der Waals surface area contributed by atoms with Gasteiger partial charge in [0.15, 0.2) is 11.5 Å². The summed E-state index contributed by atoms with van der Waals surface area (Å²) in [6, 6.07) is 3.21. The van der Waals surface area contributed by atoms with E-state index in [-0.39, 0.29) is 12.2 Å². The van der Waals surface area contributed by atoms with Crippen molar-refractivity contribution < 1.29 is 24.5 Å². The van der Waals surface area contributed by atoms with E-state index in [1.807, 2.05) is 0 Å². The van der Waals surface area contributed by atoms with E-state index in [1.165, 1.54) is 7.11 Å². The predicted molar refractivity (Wildman–Crippen MR) is 64.3 cm³/mol. The van der Waals surface area contributed by atoms with Crippen LogP contribution in [0.2, 0.25) is 0 Å². The first-order valence-corrected chi connectivity index (χ1v) is 5.74. The Hall–Kier alpha value is -1.91. The summed E-state index contributed by atoms with van der Waals surface area (Å²) in [5, 5.41) is 18.5. The Bertz CT molecular complexity index is 483. The van der Waals surface area contributed by atoms with E-state index in [9.17, 15) is 9.90 Å². The van der Waals surface area contributed by atoms with Crippen molar-refractivity contribution in [1.29, 1.82) is 0 Å². The van der Waals surface area contributed by atoms with Crippen molar-refractivity contribution in [1.82, 2.24) is 0 Å². The van der Waals surface area contributed by atoms with Crippen molar-refractivity contribution in [3.8, 4) is 17.2 Å². The summed E-state index contributed by atoms with van der Waals surface area (Å²) in [7, 11) is 1.46. The molecular formula is C13H16O5. The van der Waals surface area contributed by atoms with Gasteiger partial charge in [0.25, 0.3) is 0 Å². The number of carbonyl (C=O) groups is 1. The number of benzene rings is 1. The summed E-state index contributed by atoms with van der Waals surface area (Å²) in [4.78, 5) is 10.8. The van der Waals surface area contributed by atoms with Crippen LogP contribution in [0.1, 0.15) is 25.3 Å². The molecular weight excluding hydrogens is 236 g/mol. The lowest BCUT2D eigenvalue weighted by Gasteiger charge is -2.34. The highest BCUT2D eigenvalue weighted by atomic mass is 16.5. The molecule has 5 heteroatoms. The molecule has 1 aromatic rings. The number of rotatable bonds is 3. The fourth-order valence-corrected chi connectivity index (χ4v) is 2.21. The van der Waals surface area contributed by atoms with Crippen LogP contribution in [0.3, 0.4) is 0 Å². The van der Waals surface area contributed by atoms with Crippen molar-refractivity contribution in [2.45, 2.75) is 31.8 Å². The highest BCUT2D eigenvalue weighted by Crippen LogP contribution is 2.41. The Morgan fingerprint density at radius 3 is 2.89 bits per heavy atom. The van der Waals surface area contributed by atoms with Gasteiger partial charge in [0.2, 0.25) is 0 Å². The number of aliphatic carboxylic acids is 1. The largest absolute Gasteiger partial charge is 0.504 e. The Kier molecular flexibility index (Phi) is 3.07. The first-order chi connectivity index (χ1) is 8.43. The average Bonchev–Trinajstić information content (AvgIpc) is 2.27. The summed E-state index contributed by atoms with van der Waals surface area (Å²) in [6.45, 7) is 1.78. The summed E-state index contributed by atoms with van der Waals surface area (Å²) < 4.78 is 10.8. The van der Waals surface area contributed by atoms with Gasteiger partial charge in [-0.3, -0.25) is 4.79 Å². The van der Waals surface area contributed by atoms with Gasteiger partial charge < -0.3 is 19.7 Å². The minimum atomic E-state index is -0.883. The molecule has 0 fully saturated rings. The van der Waals surface area contributed by atoms with Gasteiger partial charge in [0.05, 0.1) is 13.5 Å². The fraction of sp³-hybridized carbons (Fsp3) is 0.462. The maximum absolute atomic E-state index is 10.8. The number of hydrogen-bond donors (Lipinski definition) is 2. The van der Waals surface area contributed by atoms with Crippen molar-refractivity contribution in [2.75, 3.05) is 7.11 Å². The molecule has 18 heavy (non-hydrogen) atoms. The number of fused-ring (bicyclic) bond motifs is 1. The molecule has 1 unspecified atom stereocenters. The van der Waals surface area contributed by atoms with E-state index in [2.05, 4.69) is 0 Å². The van der Waals surface area contributed by atoms with Gasteiger partial charge in [-0.15, -0.1) is 0 Å². The zero-order valence-corrected chi connectivity index (χ0v) is 10.4. The number of hydrogen-bond acceptors (Lipinski definition) is 4. The summed E-state index contributed by atoms with van der Waals surface area (Å²) >= 11 is 0. The van der Waals surface area contributed by atoms with E-state index in [4.69, 9.17) is 14.6 Å². The molecule has 1 heterocycles. The number of methoxy groups -OCH3 is 1. The van der Waals surface area contributed by atoms with Crippen molar-refractivity contribution in [3.05, 3.63) is 17.7 Å². The van der Waals surface area contributed by atoms with Gasteiger partial charge in [0.1, 0.15) is 11.4 Å². The molecule has 0 saturated carbocycles. The zero-order chi connectivity index (χ0) is 13.3. The number of aryl methyl sites for hydroxylation is 1. The number of phenols is 1. The number of phenolic OH excluding ortho intramolecular Hbond substituents is 1. The lowest BCUT2D eigenvalue weighted by atomic mass is 9.90. The van der Waals surface area contributed by atoms with Gasteiger partial charge in [-0.25, -0.2) is 0 Å². The Morgan fingerprint density at radius 2 is 2.28 bits per heavy atom. The number of carboxylic acid groups (broad SMARTS) is 1. The molecule has 0 aromatic heterocycles. The Labute approximate surface area is 105 Å². The van der Waals surface area contributed by atoms with Crippen LogP contribution in [0.5, 0.6) is 17.2 Å². The molecule has 0 aliphatic carbocycles. The topological polar surface area (TPSA) is 76.0 Å². The third kappa shape index (κ3) is 2.34. The summed E-state index contributed by atoms with van der Waals surface area (Å²) in [6.07, 6.45) is 1.24. The predicted octanol–water partition coefficient (Wildman–Crippen LogP) is 1.96. The SMILES string of the molecule is COc1cc2c(cc1O)CCC(C)(CC(=O)O)O2. The van der Waals surface area contributed by atoms with Gasteiger partial charge >= 0.3 is 5.97 Å². The first-order valence-electron chi connectivity index (χ1n) is 5.74. The molecule has 5 nitrogen and oxygen atoms in total. The molecule has 0 bridgehead atoms. The number of carboxylic acids is 1. The van der Waals surface area contributed by atoms with Gasteiger partial charge in [-0.2, -0.15) is 0 Å². The van der Waals surface area contributed by atoms with Crippen molar-refractivity contribution in [3.63, 3.8) is 0 Å². The molecule has 1 atom stereocenters. The van der Waals surface area contributed by atoms with Crippen LogP contribution in [0.25, 0.3) is 0 Å². The number of ether oxygens (including phenoxy) is 2. The van der Waals surface area contributed by atoms with E-state index >= 15 is 0 Å². The minimum Gasteiger partial charge on any atom is -0.504 e. The smallest absolute Gasteiger partial charge is 0.307 e. The summed E-state index contributed by atoms with van der Waals surface area (Å²) in [5.74, 6) is 0.0985. The van der Waals surface area contributed by atoms with Crippen LogP contribution in [-0.4, -0.2) is 28.9 Å². The molecule has 0 spiro atoms. The molecule has 1 aliphatic heterocycles. The average molecular weight is 252 g/mol. The maximum atomic E-state index is 10.8. The minimum absolute atomic E-state index is 0.0460. The van der Waals surface area contributed by atoms with Gasteiger partial charge in [-0.05, 0) is 31.4 Å². The van der Waals surface area contributed by atoms with Crippen LogP contribution in [0, 0.1) is 0 Å². The van der Waals surface area contributed by atoms with Crippen molar-refractivity contribution in [2.24, 2.45) is 0 Å². The molecule has 0 amide bonds. The van der Waals surface area contributed by atoms with E-state index < -0.39 is 11.6 Å². The van der Waals surface area contributed by atoms with Gasteiger partial charge in [-0.1, -0.05) is 0 Å². The lowest BCUT2D eigenvalue weighted by molar-refractivity contribution is -0.141. The molecule has 1 aliphatic rings.